The molecule has 0 aliphatic carbocycles. The second-order valence-electron chi connectivity index (χ2n) is 6.34. The third kappa shape index (κ3) is 9.79. The molecule has 0 aromatic heterocycles. The van der Waals surface area contributed by atoms with Gasteiger partial charge in [-0.15, -0.1) is 6.07 Å². The minimum atomic E-state index is -4.39. The van der Waals surface area contributed by atoms with Gasteiger partial charge in [0.15, 0.2) is 5.54 Å². The first-order valence-corrected chi connectivity index (χ1v) is 9.63. The summed E-state index contributed by atoms with van der Waals surface area (Å²) in [7, 11) is 0. The van der Waals surface area contributed by atoms with Crippen LogP contribution in [0.1, 0.15) is 17.3 Å². The molecule has 1 N–H and O–H groups in total. The van der Waals surface area contributed by atoms with Crippen molar-refractivity contribution in [1.29, 1.82) is 5.26 Å². The second kappa shape index (κ2) is 12.3. The van der Waals surface area contributed by atoms with Crippen LogP contribution in [0, 0.1) is 11.3 Å². The number of halogens is 3. The molecule has 3 aromatic rings. The summed E-state index contributed by atoms with van der Waals surface area (Å²) < 4.78 is 42.4. The zero-order valence-corrected chi connectivity index (χ0v) is 18.3. The van der Waals surface area contributed by atoms with Gasteiger partial charge in [0.1, 0.15) is 6.61 Å². The summed E-state index contributed by atoms with van der Waals surface area (Å²) in [5.41, 5.74) is -5.52. The molecule has 1 unspecified atom stereocenters. The molecule has 0 fully saturated rings. The fourth-order valence-electron chi connectivity index (χ4n) is 2.23. The van der Waals surface area contributed by atoms with E-state index in [1.54, 1.807) is 24.3 Å². The maximum absolute atomic E-state index is 12.3. The zero-order valence-electron chi connectivity index (χ0n) is 16.4. The largest absolute Gasteiger partial charge is 2.00 e. The van der Waals surface area contributed by atoms with E-state index in [-0.39, 0.29) is 45.9 Å². The van der Waals surface area contributed by atoms with Crippen molar-refractivity contribution in [3.63, 3.8) is 0 Å². The topological polar surface area (TPSA) is 62.1 Å². The number of carbonyl (C=O) groups is 1. The Hall–Kier alpha value is -2.66. The first-order chi connectivity index (χ1) is 14.2. The predicted molar refractivity (Wildman–Crippen MR) is 109 cm³/mol. The number of nitriles is 1. The molecule has 0 saturated heterocycles. The Balaban J connectivity index is 0.000000701. The molecule has 0 heterocycles. The summed E-state index contributed by atoms with van der Waals surface area (Å²) in [5, 5.41) is 11.8. The van der Waals surface area contributed by atoms with E-state index >= 15 is 0 Å². The van der Waals surface area contributed by atoms with Crippen molar-refractivity contribution in [2.75, 3.05) is 6.61 Å². The molecule has 164 valence electrons. The molecule has 0 aliphatic rings. The van der Waals surface area contributed by atoms with Crippen LogP contribution in [0.2, 0.25) is 0 Å². The fraction of sp³-hybridized carbons (Fsp3) is 0.182. The third-order valence-corrected chi connectivity index (χ3v) is 4.44. The third-order valence-electron chi connectivity index (χ3n) is 3.70. The SMILES string of the molecule is CC(C#N)(COc1cc[cH-]c1)NC(=O)c1ccc(SC(F)(F)F)cc1.[Fe+2].c1cc[cH-]c1. The predicted octanol–water partition coefficient (Wildman–Crippen LogP) is 5.51. The summed E-state index contributed by atoms with van der Waals surface area (Å²) in [5.74, 6) is 0.00275. The van der Waals surface area contributed by atoms with Gasteiger partial charge >= 0.3 is 22.6 Å². The Morgan fingerprint density at radius 1 is 1.13 bits per heavy atom. The fourth-order valence-corrected chi connectivity index (χ4v) is 2.77. The van der Waals surface area contributed by atoms with Crippen LogP contribution in [-0.4, -0.2) is 23.6 Å². The van der Waals surface area contributed by atoms with Gasteiger partial charge in [0, 0.05) is 10.5 Å². The number of ether oxygens (including phenoxy) is 1. The number of hydrogen-bond acceptors (Lipinski definition) is 4. The molecule has 9 heteroatoms. The summed E-state index contributed by atoms with van der Waals surface area (Å²) in [6, 6.07) is 23.9. The summed E-state index contributed by atoms with van der Waals surface area (Å²) in [6.07, 6.45) is 0. The van der Waals surface area contributed by atoms with Gasteiger partial charge in [-0.25, -0.2) is 12.1 Å². The number of carbonyl (C=O) groups excluding carboxylic acids is 1. The smallest absolute Gasteiger partial charge is 0.559 e. The van der Waals surface area contributed by atoms with Crippen LogP contribution in [0.25, 0.3) is 0 Å². The van der Waals surface area contributed by atoms with Crippen LogP contribution in [0.3, 0.4) is 0 Å². The molecule has 31 heavy (non-hydrogen) atoms. The van der Waals surface area contributed by atoms with Gasteiger partial charge in [-0.2, -0.15) is 54.8 Å². The van der Waals surface area contributed by atoms with Gasteiger partial charge in [0.25, 0.3) is 5.91 Å². The van der Waals surface area contributed by atoms with E-state index in [0.717, 1.165) is 0 Å². The maximum atomic E-state index is 12.3. The quantitative estimate of drug-likeness (QED) is 0.282. The van der Waals surface area contributed by atoms with E-state index < -0.39 is 17.0 Å². The summed E-state index contributed by atoms with van der Waals surface area (Å²) in [4.78, 5) is 12.2. The van der Waals surface area contributed by atoms with E-state index in [2.05, 4.69) is 5.32 Å². The molecular formula is C22H19F3FeN2O2S. The minimum absolute atomic E-state index is 0. The standard InChI is InChI=1S/C17H14F3N2O2S.C5H5.Fe/c1-16(10-21,11-24-13-4-2-3-5-13)22-15(23)12-6-8-14(9-7-12)25-17(18,19)20;1-2-4-5-3-1;/h2-9H,11H2,1H3,(H,22,23);1-5H;/q2*-1;+2. The van der Waals surface area contributed by atoms with Gasteiger partial charge in [-0.05, 0) is 48.7 Å². The Bertz CT molecular complexity index is 920. The molecule has 0 radical (unpaired) electrons. The van der Waals surface area contributed by atoms with Crippen LogP contribution in [0.15, 0.2) is 83.8 Å². The minimum Gasteiger partial charge on any atom is -0.559 e. The maximum Gasteiger partial charge on any atom is 2.00 e. The summed E-state index contributed by atoms with van der Waals surface area (Å²) >= 11 is -0.259. The van der Waals surface area contributed by atoms with Gasteiger partial charge in [-0.1, -0.05) is 0 Å². The van der Waals surface area contributed by atoms with Crippen LogP contribution >= 0.6 is 11.8 Å². The number of amides is 1. The van der Waals surface area contributed by atoms with E-state index in [1.165, 1.54) is 31.2 Å². The van der Waals surface area contributed by atoms with E-state index in [9.17, 15) is 23.2 Å². The van der Waals surface area contributed by atoms with Gasteiger partial charge in [0.2, 0.25) is 0 Å². The summed E-state index contributed by atoms with van der Waals surface area (Å²) in [6.45, 7) is 1.43. The number of nitrogens with zero attached hydrogens (tertiary/aromatic N) is 1. The number of hydrogen-bond donors (Lipinski definition) is 1. The molecule has 0 bridgehead atoms. The Morgan fingerprint density at radius 2 is 1.77 bits per heavy atom. The average molecular weight is 488 g/mol. The van der Waals surface area contributed by atoms with E-state index in [0.29, 0.717) is 5.75 Å². The molecule has 3 aromatic carbocycles. The van der Waals surface area contributed by atoms with Gasteiger partial charge in [-0.3, -0.25) is 4.79 Å². The van der Waals surface area contributed by atoms with Gasteiger partial charge in [0.05, 0.1) is 6.07 Å². The molecule has 1 amide bonds. The average Bonchev–Trinajstić information content (AvgIpc) is 3.42. The van der Waals surface area contributed by atoms with Crippen molar-refractivity contribution >= 4 is 17.7 Å². The number of benzene rings is 1. The Morgan fingerprint density at radius 3 is 2.23 bits per heavy atom. The van der Waals surface area contributed by atoms with Crippen LogP contribution in [0.4, 0.5) is 13.2 Å². The van der Waals surface area contributed by atoms with E-state index in [4.69, 9.17) is 4.74 Å². The monoisotopic (exact) mass is 488 g/mol. The van der Waals surface area contributed by atoms with Crippen molar-refractivity contribution in [3.05, 3.63) is 84.4 Å². The Kier molecular flexibility index (Phi) is 10.4. The molecule has 1 atom stereocenters. The number of rotatable bonds is 6. The van der Waals surface area contributed by atoms with Crippen molar-refractivity contribution in [3.8, 4) is 11.8 Å². The second-order valence-corrected chi connectivity index (χ2v) is 7.48. The van der Waals surface area contributed by atoms with Crippen molar-refractivity contribution in [2.45, 2.75) is 22.9 Å². The molecule has 0 aliphatic heterocycles. The molecule has 3 rings (SSSR count). The van der Waals surface area contributed by atoms with Gasteiger partial charge < -0.3 is 10.1 Å². The van der Waals surface area contributed by atoms with Crippen molar-refractivity contribution in [1.82, 2.24) is 5.32 Å². The Labute approximate surface area is 193 Å². The first-order valence-electron chi connectivity index (χ1n) is 8.81. The molecule has 0 saturated carbocycles. The zero-order chi connectivity index (χ0) is 22.0. The molecule has 0 spiro atoms. The van der Waals surface area contributed by atoms with Crippen molar-refractivity contribution in [2.24, 2.45) is 0 Å². The van der Waals surface area contributed by atoms with Crippen molar-refractivity contribution < 1.29 is 39.8 Å². The van der Waals surface area contributed by atoms with Crippen LogP contribution in [0.5, 0.6) is 5.75 Å². The molecular weight excluding hydrogens is 469 g/mol. The normalized spacial score (nSPS) is 12.2. The van der Waals surface area contributed by atoms with E-state index in [1.807, 2.05) is 36.4 Å². The molecule has 4 nitrogen and oxygen atoms in total. The van der Waals surface area contributed by atoms with Crippen LogP contribution in [-0.2, 0) is 17.1 Å². The van der Waals surface area contributed by atoms with Crippen LogP contribution < -0.4 is 10.1 Å². The first kappa shape index (κ1) is 26.4. The number of alkyl halides is 3. The number of thioether (sulfide) groups is 1. The number of nitrogens with one attached hydrogen (secondary N) is 1.